The normalized spacial score (nSPS) is 19.0. The Kier molecular flexibility index (Phi) is 8.91. The molecule has 1 aliphatic rings. The Morgan fingerprint density at radius 3 is 2.36 bits per heavy atom. The number of ether oxygens (including phenoxy) is 2. The molecule has 1 aliphatic carbocycles. The highest BCUT2D eigenvalue weighted by Gasteiger charge is 2.26. The molecular formula is C25H29F2NO5. The molecule has 0 spiro atoms. The van der Waals surface area contributed by atoms with Crippen LogP contribution in [0.3, 0.4) is 0 Å². The smallest absolute Gasteiger partial charge is 0.418 e. The molecule has 1 unspecified atom stereocenters. The van der Waals surface area contributed by atoms with Crippen molar-refractivity contribution < 1.29 is 33.0 Å². The topological polar surface area (TPSA) is 76.1 Å². The minimum absolute atomic E-state index is 0.161. The highest BCUT2D eigenvalue weighted by atomic mass is 19.1. The van der Waals surface area contributed by atoms with E-state index in [1.165, 1.54) is 29.2 Å². The van der Waals surface area contributed by atoms with Crippen LogP contribution in [0.15, 0.2) is 42.5 Å². The van der Waals surface area contributed by atoms with Crippen molar-refractivity contribution in [1.29, 1.82) is 0 Å². The van der Waals surface area contributed by atoms with Crippen molar-refractivity contribution >= 4 is 23.8 Å². The van der Waals surface area contributed by atoms with E-state index in [0.29, 0.717) is 18.5 Å². The molecule has 2 aromatic carbocycles. The number of carbonyl (C=O) groups excluding carboxylic acids is 2. The van der Waals surface area contributed by atoms with Gasteiger partial charge in [0, 0.05) is 0 Å². The summed E-state index contributed by atoms with van der Waals surface area (Å²) in [6.45, 7) is 1.89. The SMILES string of the molecule is Cc1ccc(N(C(=O)OC[C@H]2CC[C@H](COC(C=O)CO)CC2)c2cccc(F)c2)cc1F. The predicted molar refractivity (Wildman–Crippen MR) is 119 cm³/mol. The lowest BCUT2D eigenvalue weighted by Gasteiger charge is -2.29. The standard InChI is InChI=1S/C25H29F2NO5/c1-17-5-10-22(12-24(17)27)28(21-4-2-3-20(26)11-21)25(31)33-16-19-8-6-18(7-9-19)15-32-23(13-29)14-30/h2-5,10-13,18-19,23,30H,6-9,14-16H2,1H3/t18-,19-,23?. The Bertz CT molecular complexity index is 946. The molecule has 1 amide bonds. The first kappa shape index (κ1) is 24.8. The number of aliphatic hydroxyl groups is 1. The lowest BCUT2D eigenvalue weighted by Crippen LogP contribution is -2.30. The summed E-state index contributed by atoms with van der Waals surface area (Å²) in [5, 5.41) is 9.02. The fourth-order valence-electron chi connectivity index (χ4n) is 3.91. The van der Waals surface area contributed by atoms with Crippen molar-refractivity contribution in [2.45, 2.75) is 38.7 Å². The molecule has 0 aromatic heterocycles. The number of aldehydes is 1. The van der Waals surface area contributed by atoms with Gasteiger partial charge in [-0.1, -0.05) is 12.1 Å². The van der Waals surface area contributed by atoms with Gasteiger partial charge in [-0.15, -0.1) is 0 Å². The molecular weight excluding hydrogens is 432 g/mol. The van der Waals surface area contributed by atoms with Gasteiger partial charge in [-0.3, -0.25) is 0 Å². The highest BCUT2D eigenvalue weighted by molar-refractivity contribution is 5.96. The largest absolute Gasteiger partial charge is 0.449 e. The zero-order valence-corrected chi connectivity index (χ0v) is 18.6. The summed E-state index contributed by atoms with van der Waals surface area (Å²) in [5.74, 6) is -0.545. The number of anilines is 2. The number of hydrogen-bond donors (Lipinski definition) is 1. The van der Waals surface area contributed by atoms with Crippen LogP contribution in [0.4, 0.5) is 25.0 Å². The fourth-order valence-corrected chi connectivity index (χ4v) is 3.91. The van der Waals surface area contributed by atoms with Crippen molar-refractivity contribution in [2.75, 3.05) is 24.7 Å². The number of aryl methyl sites for hydroxylation is 1. The molecule has 2 aromatic rings. The predicted octanol–water partition coefficient (Wildman–Crippen LogP) is 4.93. The summed E-state index contributed by atoms with van der Waals surface area (Å²) in [4.78, 5) is 24.9. The van der Waals surface area contributed by atoms with Gasteiger partial charge in [-0.05, 0) is 80.3 Å². The van der Waals surface area contributed by atoms with Crippen LogP contribution in [0.1, 0.15) is 31.2 Å². The molecule has 1 saturated carbocycles. The molecule has 0 aliphatic heterocycles. The summed E-state index contributed by atoms with van der Waals surface area (Å²) >= 11 is 0. The van der Waals surface area contributed by atoms with Gasteiger partial charge in [0.1, 0.15) is 17.7 Å². The average molecular weight is 462 g/mol. The van der Waals surface area contributed by atoms with Crippen LogP contribution in [-0.2, 0) is 14.3 Å². The maximum Gasteiger partial charge on any atom is 0.418 e. The molecule has 3 rings (SSSR count). The zero-order chi connectivity index (χ0) is 23.8. The molecule has 0 radical (unpaired) electrons. The summed E-state index contributed by atoms with van der Waals surface area (Å²) in [6, 6.07) is 9.88. The second-order valence-corrected chi connectivity index (χ2v) is 8.40. The number of aliphatic hydroxyl groups excluding tert-OH is 1. The van der Waals surface area contributed by atoms with E-state index in [2.05, 4.69) is 0 Å². The average Bonchev–Trinajstić information content (AvgIpc) is 2.81. The van der Waals surface area contributed by atoms with Gasteiger partial charge < -0.3 is 19.4 Å². The Hall–Kier alpha value is -2.84. The van der Waals surface area contributed by atoms with E-state index < -0.39 is 23.8 Å². The minimum atomic E-state index is -0.788. The number of rotatable bonds is 9. The first-order valence-electron chi connectivity index (χ1n) is 11.1. The molecule has 1 atom stereocenters. The van der Waals surface area contributed by atoms with E-state index in [-0.39, 0.29) is 36.4 Å². The molecule has 6 nitrogen and oxygen atoms in total. The lowest BCUT2D eigenvalue weighted by atomic mass is 9.83. The summed E-state index contributed by atoms with van der Waals surface area (Å²) in [6.07, 6.45) is 2.47. The van der Waals surface area contributed by atoms with E-state index >= 15 is 0 Å². The Morgan fingerprint density at radius 1 is 1.09 bits per heavy atom. The van der Waals surface area contributed by atoms with Crippen LogP contribution in [0, 0.1) is 30.4 Å². The van der Waals surface area contributed by atoms with Gasteiger partial charge in [-0.25, -0.2) is 18.5 Å². The maximum absolute atomic E-state index is 14.2. The van der Waals surface area contributed by atoms with Gasteiger partial charge in [0.2, 0.25) is 0 Å². The second kappa shape index (κ2) is 11.9. The Morgan fingerprint density at radius 2 is 1.76 bits per heavy atom. The third kappa shape index (κ3) is 6.82. The van der Waals surface area contributed by atoms with Crippen molar-refractivity contribution in [3.63, 3.8) is 0 Å². The molecule has 0 heterocycles. The van der Waals surface area contributed by atoms with Gasteiger partial charge in [-0.2, -0.15) is 0 Å². The summed E-state index contributed by atoms with van der Waals surface area (Å²) in [5.41, 5.74) is 0.936. The number of halogens is 2. The van der Waals surface area contributed by atoms with Gasteiger partial charge in [0.15, 0.2) is 6.29 Å². The first-order valence-corrected chi connectivity index (χ1v) is 11.1. The van der Waals surface area contributed by atoms with Gasteiger partial charge in [0.25, 0.3) is 0 Å². The summed E-state index contributed by atoms with van der Waals surface area (Å²) in [7, 11) is 0. The quantitative estimate of drug-likeness (QED) is 0.536. The Balaban J connectivity index is 1.60. The maximum atomic E-state index is 14.2. The lowest BCUT2D eigenvalue weighted by molar-refractivity contribution is -0.121. The van der Waals surface area contributed by atoms with Gasteiger partial charge >= 0.3 is 6.09 Å². The number of carbonyl (C=O) groups is 2. The fraction of sp³-hybridized carbons (Fsp3) is 0.440. The number of benzene rings is 2. The van der Waals surface area contributed by atoms with Crippen molar-refractivity contribution in [3.05, 3.63) is 59.7 Å². The Labute approximate surface area is 192 Å². The number of hydrogen-bond acceptors (Lipinski definition) is 5. The molecule has 8 heteroatoms. The van der Waals surface area contributed by atoms with E-state index in [1.54, 1.807) is 25.1 Å². The zero-order valence-electron chi connectivity index (χ0n) is 18.6. The van der Waals surface area contributed by atoms with Crippen LogP contribution < -0.4 is 4.90 Å². The van der Waals surface area contributed by atoms with Crippen molar-refractivity contribution in [2.24, 2.45) is 11.8 Å². The number of nitrogens with zero attached hydrogens (tertiary/aromatic N) is 1. The van der Waals surface area contributed by atoms with E-state index in [4.69, 9.17) is 14.6 Å². The molecule has 33 heavy (non-hydrogen) atoms. The van der Waals surface area contributed by atoms with Crippen molar-refractivity contribution in [1.82, 2.24) is 0 Å². The monoisotopic (exact) mass is 461 g/mol. The molecule has 1 N–H and O–H groups in total. The van der Waals surface area contributed by atoms with Crippen LogP contribution in [0.25, 0.3) is 0 Å². The molecule has 0 saturated heterocycles. The van der Waals surface area contributed by atoms with Crippen LogP contribution in [0.5, 0.6) is 0 Å². The van der Waals surface area contributed by atoms with Crippen LogP contribution in [0.2, 0.25) is 0 Å². The third-order valence-corrected chi connectivity index (χ3v) is 5.95. The van der Waals surface area contributed by atoms with E-state index in [9.17, 15) is 18.4 Å². The highest BCUT2D eigenvalue weighted by Crippen LogP contribution is 2.31. The number of amides is 1. The van der Waals surface area contributed by atoms with Crippen molar-refractivity contribution in [3.8, 4) is 0 Å². The van der Waals surface area contributed by atoms with Crippen LogP contribution >= 0.6 is 0 Å². The first-order chi connectivity index (χ1) is 15.9. The molecule has 0 bridgehead atoms. The molecule has 178 valence electrons. The summed E-state index contributed by atoms with van der Waals surface area (Å²) < 4.78 is 39.0. The molecule has 1 fully saturated rings. The minimum Gasteiger partial charge on any atom is -0.449 e. The van der Waals surface area contributed by atoms with E-state index in [0.717, 1.165) is 25.7 Å². The van der Waals surface area contributed by atoms with Crippen LogP contribution in [-0.4, -0.2) is 43.4 Å². The second-order valence-electron chi connectivity index (χ2n) is 8.40. The third-order valence-electron chi connectivity index (χ3n) is 5.95. The van der Waals surface area contributed by atoms with Gasteiger partial charge in [0.05, 0.1) is 31.2 Å². The van der Waals surface area contributed by atoms with E-state index in [1.807, 2.05) is 0 Å².